The molecule has 27 heavy (non-hydrogen) atoms. The lowest BCUT2D eigenvalue weighted by Crippen LogP contribution is -2.35. The number of likely N-dealkylation sites (tertiary alicyclic amines) is 1. The van der Waals surface area contributed by atoms with Gasteiger partial charge in [0, 0.05) is 24.3 Å². The molecule has 1 fully saturated rings. The average molecular weight is 381 g/mol. The predicted molar refractivity (Wildman–Crippen MR) is 113 cm³/mol. The van der Waals surface area contributed by atoms with Crippen LogP contribution in [0.15, 0.2) is 54.6 Å². The number of rotatable bonds is 6. The molecule has 0 saturated carbocycles. The van der Waals surface area contributed by atoms with Crippen molar-refractivity contribution in [3.63, 3.8) is 0 Å². The van der Waals surface area contributed by atoms with E-state index in [-0.39, 0.29) is 5.91 Å². The number of anilines is 1. The van der Waals surface area contributed by atoms with Gasteiger partial charge < -0.3 is 15.5 Å². The fourth-order valence-corrected chi connectivity index (χ4v) is 3.40. The molecule has 6 heteroatoms. The van der Waals surface area contributed by atoms with Gasteiger partial charge in [-0.25, -0.2) is 0 Å². The van der Waals surface area contributed by atoms with E-state index in [0.717, 1.165) is 37.1 Å². The lowest BCUT2D eigenvalue weighted by molar-refractivity contribution is -0.117. The predicted octanol–water partition coefficient (Wildman–Crippen LogP) is 3.72. The van der Waals surface area contributed by atoms with Gasteiger partial charge in [0.05, 0.1) is 5.49 Å². The van der Waals surface area contributed by atoms with E-state index in [2.05, 4.69) is 15.5 Å². The Morgan fingerprint density at radius 1 is 1.04 bits per heavy atom. The number of carbonyl (C=O) groups is 1. The third kappa shape index (κ3) is 4.92. The van der Waals surface area contributed by atoms with Crippen molar-refractivity contribution in [1.29, 1.82) is 5.41 Å². The van der Waals surface area contributed by atoms with Crippen LogP contribution in [-0.4, -0.2) is 35.2 Å². The highest BCUT2D eigenvalue weighted by molar-refractivity contribution is 7.78. The highest BCUT2D eigenvalue weighted by Crippen LogP contribution is 2.18. The van der Waals surface area contributed by atoms with Crippen LogP contribution in [0.25, 0.3) is 0 Å². The summed E-state index contributed by atoms with van der Waals surface area (Å²) in [6, 6.07) is 16.4. The molecule has 1 amide bonds. The van der Waals surface area contributed by atoms with Crippen molar-refractivity contribution < 1.29 is 4.79 Å². The zero-order valence-corrected chi connectivity index (χ0v) is 16.0. The van der Waals surface area contributed by atoms with Crippen molar-refractivity contribution in [2.45, 2.75) is 25.3 Å². The molecule has 1 atom stereocenters. The Bertz CT molecular complexity index is 786. The quantitative estimate of drug-likeness (QED) is 0.406. The normalized spacial score (nSPS) is 14.9. The van der Waals surface area contributed by atoms with Gasteiger partial charge in [-0.15, -0.1) is 0 Å². The number of hydrogen-bond donors (Lipinski definition) is 3. The zero-order valence-electron chi connectivity index (χ0n) is 15.2. The SMILES string of the molecule is N=C(c1ccc(NC(=O)[C@@H](NC=S)c2ccccc2)cc1)N1CCCCC1. The highest BCUT2D eigenvalue weighted by atomic mass is 32.1. The van der Waals surface area contributed by atoms with Gasteiger partial charge in [-0.1, -0.05) is 42.5 Å². The second-order valence-corrected chi connectivity index (χ2v) is 6.83. The third-order valence-corrected chi connectivity index (χ3v) is 4.86. The van der Waals surface area contributed by atoms with Crippen LogP contribution in [0, 0.1) is 5.41 Å². The van der Waals surface area contributed by atoms with Crippen molar-refractivity contribution in [2.24, 2.45) is 0 Å². The van der Waals surface area contributed by atoms with Crippen molar-refractivity contribution >= 4 is 35.1 Å². The summed E-state index contributed by atoms with van der Waals surface area (Å²) in [6.07, 6.45) is 3.53. The molecule has 1 aliphatic rings. The standard InChI is InChI=1S/C21H24N4OS/c22-20(25-13-5-2-6-14-25)17-9-11-18(12-10-17)24-21(26)19(23-15-27)16-7-3-1-4-8-16/h1,3-4,7-12,15,19,22H,2,5-6,13-14H2,(H,23,27)(H,24,26)/t19-/m0/s1. The van der Waals surface area contributed by atoms with Crippen LogP contribution in [0.5, 0.6) is 0 Å². The van der Waals surface area contributed by atoms with Crippen molar-refractivity contribution in [3.05, 3.63) is 65.7 Å². The molecule has 1 saturated heterocycles. The van der Waals surface area contributed by atoms with Crippen molar-refractivity contribution in [3.8, 4) is 0 Å². The van der Waals surface area contributed by atoms with E-state index in [4.69, 9.17) is 17.6 Å². The topological polar surface area (TPSA) is 68.2 Å². The van der Waals surface area contributed by atoms with Gasteiger partial charge in [0.15, 0.2) is 0 Å². The second-order valence-electron chi connectivity index (χ2n) is 6.59. The van der Waals surface area contributed by atoms with Gasteiger partial charge >= 0.3 is 0 Å². The lowest BCUT2D eigenvalue weighted by atomic mass is 10.1. The Morgan fingerprint density at radius 2 is 1.70 bits per heavy atom. The monoisotopic (exact) mass is 380 g/mol. The van der Waals surface area contributed by atoms with E-state index in [1.165, 1.54) is 11.9 Å². The minimum absolute atomic E-state index is 0.179. The van der Waals surface area contributed by atoms with Gasteiger partial charge in [0.1, 0.15) is 11.9 Å². The summed E-state index contributed by atoms with van der Waals surface area (Å²) < 4.78 is 0. The Labute approximate surface area is 165 Å². The molecule has 1 heterocycles. The number of amides is 1. The average Bonchev–Trinajstić information content (AvgIpc) is 2.73. The number of thiocarbonyl (C=S) groups is 1. The maximum Gasteiger partial charge on any atom is 0.251 e. The molecule has 1 aliphatic heterocycles. The smallest absolute Gasteiger partial charge is 0.251 e. The summed E-state index contributed by atoms with van der Waals surface area (Å²) in [7, 11) is 0. The molecule has 5 nitrogen and oxygen atoms in total. The molecule has 0 aliphatic carbocycles. The fraction of sp³-hybridized carbons (Fsp3) is 0.286. The van der Waals surface area contributed by atoms with E-state index in [1.807, 2.05) is 54.6 Å². The van der Waals surface area contributed by atoms with Crippen LogP contribution in [-0.2, 0) is 4.79 Å². The van der Waals surface area contributed by atoms with Gasteiger partial charge in [-0.3, -0.25) is 10.2 Å². The van der Waals surface area contributed by atoms with Crippen molar-refractivity contribution in [1.82, 2.24) is 10.2 Å². The second kappa shape index (κ2) is 9.28. The number of carbonyl (C=O) groups excluding carboxylic acids is 1. The van der Waals surface area contributed by atoms with Crippen LogP contribution in [0.3, 0.4) is 0 Å². The first-order valence-corrected chi connectivity index (χ1v) is 9.65. The first-order chi connectivity index (χ1) is 13.2. The lowest BCUT2D eigenvalue weighted by Gasteiger charge is -2.29. The molecule has 3 N–H and O–H groups in total. The Kier molecular flexibility index (Phi) is 6.54. The van der Waals surface area contributed by atoms with Crippen LogP contribution in [0.2, 0.25) is 0 Å². The first kappa shape index (κ1) is 19.0. The summed E-state index contributed by atoms with van der Waals surface area (Å²) in [6.45, 7) is 1.89. The highest BCUT2D eigenvalue weighted by Gasteiger charge is 2.19. The summed E-state index contributed by atoms with van der Waals surface area (Å²) in [5, 5.41) is 14.2. The summed E-state index contributed by atoms with van der Waals surface area (Å²) >= 11 is 4.88. The number of amidine groups is 1. The van der Waals surface area contributed by atoms with Crippen LogP contribution < -0.4 is 10.6 Å². The fourth-order valence-electron chi connectivity index (χ4n) is 3.26. The third-order valence-electron chi connectivity index (χ3n) is 4.73. The molecule has 0 spiro atoms. The van der Waals surface area contributed by atoms with Gasteiger partial charge in [0.25, 0.3) is 5.91 Å². The number of piperidine rings is 1. The van der Waals surface area contributed by atoms with Crippen LogP contribution in [0.1, 0.15) is 36.4 Å². The molecule has 2 aromatic rings. The number of hydrogen-bond acceptors (Lipinski definition) is 3. The van der Waals surface area contributed by atoms with Gasteiger partial charge in [-0.05, 0) is 49.1 Å². The van der Waals surface area contributed by atoms with E-state index in [0.29, 0.717) is 11.5 Å². The Balaban J connectivity index is 1.67. The minimum Gasteiger partial charge on any atom is -0.367 e. The molecule has 0 bridgehead atoms. The molecule has 140 valence electrons. The van der Waals surface area contributed by atoms with Crippen LogP contribution >= 0.6 is 12.2 Å². The van der Waals surface area contributed by atoms with Gasteiger partial charge in [0.2, 0.25) is 0 Å². The van der Waals surface area contributed by atoms with E-state index >= 15 is 0 Å². The number of nitrogens with one attached hydrogen (secondary N) is 3. The van der Waals surface area contributed by atoms with E-state index in [9.17, 15) is 4.79 Å². The number of benzene rings is 2. The zero-order chi connectivity index (χ0) is 19.1. The van der Waals surface area contributed by atoms with Crippen molar-refractivity contribution in [2.75, 3.05) is 18.4 Å². The van der Waals surface area contributed by atoms with Gasteiger partial charge in [-0.2, -0.15) is 0 Å². The molecule has 0 aromatic heterocycles. The van der Waals surface area contributed by atoms with E-state index in [1.54, 1.807) is 0 Å². The summed E-state index contributed by atoms with van der Waals surface area (Å²) in [4.78, 5) is 14.8. The largest absolute Gasteiger partial charge is 0.367 e. The molecular formula is C21H24N4OS. The Morgan fingerprint density at radius 3 is 2.33 bits per heavy atom. The summed E-state index contributed by atoms with van der Waals surface area (Å²) in [5.41, 5.74) is 3.77. The maximum absolute atomic E-state index is 12.7. The molecular weight excluding hydrogens is 356 g/mol. The molecule has 3 rings (SSSR count). The van der Waals surface area contributed by atoms with Crippen LogP contribution in [0.4, 0.5) is 5.69 Å². The van der Waals surface area contributed by atoms with E-state index < -0.39 is 6.04 Å². The summed E-state index contributed by atoms with van der Waals surface area (Å²) in [5.74, 6) is 0.373. The number of nitrogens with zero attached hydrogens (tertiary/aromatic N) is 1. The maximum atomic E-state index is 12.7. The Hall–Kier alpha value is -2.73. The minimum atomic E-state index is -0.546. The molecule has 0 unspecified atom stereocenters. The first-order valence-electron chi connectivity index (χ1n) is 9.18. The molecule has 0 radical (unpaired) electrons. The molecule has 2 aromatic carbocycles.